The Kier molecular flexibility index (Phi) is 3.54. The maximum atomic E-state index is 13.0. The number of rotatable bonds is 2. The van der Waals surface area contributed by atoms with Crippen molar-refractivity contribution < 1.29 is 4.79 Å². The van der Waals surface area contributed by atoms with Crippen LogP contribution in [0.1, 0.15) is 30.5 Å². The summed E-state index contributed by atoms with van der Waals surface area (Å²) in [4.78, 5) is 15.0. The molecule has 0 saturated heterocycles. The Bertz CT molecular complexity index is 646. The monoisotopic (exact) mass is 279 g/mol. The molecule has 0 fully saturated rings. The molecule has 1 heterocycles. The molecule has 0 unspecified atom stereocenters. The van der Waals surface area contributed by atoms with Crippen molar-refractivity contribution >= 4 is 5.91 Å². The van der Waals surface area contributed by atoms with Gasteiger partial charge in [-0.05, 0) is 37.0 Å². The van der Waals surface area contributed by atoms with Gasteiger partial charge in [0.15, 0.2) is 0 Å². The van der Waals surface area contributed by atoms with Crippen molar-refractivity contribution in [2.45, 2.75) is 32.2 Å². The van der Waals surface area contributed by atoms with Gasteiger partial charge in [0, 0.05) is 13.1 Å². The van der Waals surface area contributed by atoms with Gasteiger partial charge >= 0.3 is 0 Å². The third-order valence-corrected chi connectivity index (χ3v) is 4.45. The summed E-state index contributed by atoms with van der Waals surface area (Å²) in [5.41, 5.74) is 3.25. The first-order valence-electron chi connectivity index (χ1n) is 7.51. The quantitative estimate of drug-likeness (QED) is 0.823. The molecule has 0 radical (unpaired) electrons. The minimum absolute atomic E-state index is 0.211. The number of amides is 1. The molecule has 1 amide bonds. The molecule has 108 valence electrons. The standard InChI is InChI=1S/C19H21NO/c1-19(2,17-10-4-3-5-11-17)18(21)20-13-12-15-8-6-7-9-16(15)14-20/h3-11H,12-14H2,1-2H3. The van der Waals surface area contributed by atoms with Crippen LogP contribution in [-0.2, 0) is 23.2 Å². The minimum atomic E-state index is -0.479. The number of carbonyl (C=O) groups excluding carboxylic acids is 1. The molecule has 0 N–H and O–H groups in total. The van der Waals surface area contributed by atoms with E-state index in [1.54, 1.807) is 0 Å². The second-order valence-corrected chi connectivity index (χ2v) is 6.24. The number of hydrogen-bond acceptors (Lipinski definition) is 1. The van der Waals surface area contributed by atoms with E-state index >= 15 is 0 Å². The zero-order valence-corrected chi connectivity index (χ0v) is 12.7. The van der Waals surface area contributed by atoms with Crippen molar-refractivity contribution in [3.8, 4) is 0 Å². The lowest BCUT2D eigenvalue weighted by Gasteiger charge is -2.35. The second-order valence-electron chi connectivity index (χ2n) is 6.24. The third-order valence-electron chi connectivity index (χ3n) is 4.45. The summed E-state index contributed by atoms with van der Waals surface area (Å²) in [6.45, 7) is 5.58. The fourth-order valence-corrected chi connectivity index (χ4v) is 3.04. The van der Waals surface area contributed by atoms with Gasteiger partial charge < -0.3 is 4.90 Å². The Hall–Kier alpha value is -2.09. The van der Waals surface area contributed by atoms with Crippen LogP contribution in [-0.4, -0.2) is 17.4 Å². The summed E-state index contributed by atoms with van der Waals surface area (Å²) >= 11 is 0. The van der Waals surface area contributed by atoms with Crippen LogP contribution < -0.4 is 0 Å². The number of hydrogen-bond donors (Lipinski definition) is 0. The van der Waals surface area contributed by atoms with Crippen molar-refractivity contribution in [1.82, 2.24) is 4.90 Å². The molecule has 0 saturated carbocycles. The second kappa shape index (κ2) is 5.36. The first-order chi connectivity index (χ1) is 10.1. The molecule has 1 aliphatic rings. The van der Waals surface area contributed by atoms with Crippen LogP contribution in [0.3, 0.4) is 0 Å². The van der Waals surface area contributed by atoms with Gasteiger partial charge in [-0.2, -0.15) is 0 Å². The summed E-state index contributed by atoms with van der Waals surface area (Å²) in [5.74, 6) is 0.211. The minimum Gasteiger partial charge on any atom is -0.337 e. The van der Waals surface area contributed by atoms with E-state index in [0.717, 1.165) is 25.1 Å². The van der Waals surface area contributed by atoms with Gasteiger partial charge in [0.25, 0.3) is 0 Å². The first kappa shape index (κ1) is 13.9. The van der Waals surface area contributed by atoms with Crippen LogP contribution in [0.2, 0.25) is 0 Å². The fraction of sp³-hybridized carbons (Fsp3) is 0.316. The average molecular weight is 279 g/mol. The topological polar surface area (TPSA) is 20.3 Å². The SMILES string of the molecule is CC(C)(C(=O)N1CCc2ccccc2C1)c1ccccc1. The van der Waals surface area contributed by atoms with Gasteiger partial charge in [0.1, 0.15) is 0 Å². The highest BCUT2D eigenvalue weighted by atomic mass is 16.2. The Balaban J connectivity index is 1.84. The van der Waals surface area contributed by atoms with Crippen LogP contribution in [0.4, 0.5) is 0 Å². The van der Waals surface area contributed by atoms with E-state index in [-0.39, 0.29) is 5.91 Å². The van der Waals surface area contributed by atoms with Crippen molar-refractivity contribution in [1.29, 1.82) is 0 Å². The van der Waals surface area contributed by atoms with Crippen LogP contribution in [0, 0.1) is 0 Å². The molecule has 1 aliphatic heterocycles. The Morgan fingerprint density at radius 1 is 0.952 bits per heavy atom. The Morgan fingerprint density at radius 3 is 2.29 bits per heavy atom. The molecule has 0 spiro atoms. The summed E-state index contributed by atoms with van der Waals surface area (Å²) in [6.07, 6.45) is 0.951. The van der Waals surface area contributed by atoms with Crippen molar-refractivity contribution in [2.24, 2.45) is 0 Å². The molecular formula is C19H21NO. The van der Waals surface area contributed by atoms with Crippen LogP contribution in [0.5, 0.6) is 0 Å². The van der Waals surface area contributed by atoms with Gasteiger partial charge in [0.2, 0.25) is 5.91 Å². The van der Waals surface area contributed by atoms with Gasteiger partial charge in [-0.3, -0.25) is 4.79 Å². The zero-order valence-electron chi connectivity index (χ0n) is 12.7. The van der Waals surface area contributed by atoms with Gasteiger partial charge in [-0.15, -0.1) is 0 Å². The molecule has 2 aromatic rings. The zero-order chi connectivity index (χ0) is 14.9. The maximum absolute atomic E-state index is 13.0. The highest BCUT2D eigenvalue weighted by molar-refractivity contribution is 5.87. The van der Waals surface area contributed by atoms with E-state index in [2.05, 4.69) is 24.3 Å². The summed E-state index contributed by atoms with van der Waals surface area (Å²) in [5, 5.41) is 0. The average Bonchev–Trinajstić information content (AvgIpc) is 2.54. The van der Waals surface area contributed by atoms with E-state index < -0.39 is 5.41 Å². The van der Waals surface area contributed by atoms with Gasteiger partial charge in [-0.25, -0.2) is 0 Å². The van der Waals surface area contributed by atoms with Crippen LogP contribution in [0.15, 0.2) is 54.6 Å². The van der Waals surface area contributed by atoms with E-state index in [0.29, 0.717) is 0 Å². The highest BCUT2D eigenvalue weighted by Gasteiger charge is 2.34. The molecule has 3 rings (SSSR count). The summed E-state index contributed by atoms with van der Waals surface area (Å²) < 4.78 is 0. The predicted octanol–water partition coefficient (Wildman–Crippen LogP) is 3.55. The van der Waals surface area contributed by atoms with Crippen molar-refractivity contribution in [3.05, 3.63) is 71.3 Å². The van der Waals surface area contributed by atoms with E-state index in [9.17, 15) is 4.79 Å². The highest BCUT2D eigenvalue weighted by Crippen LogP contribution is 2.28. The van der Waals surface area contributed by atoms with Crippen LogP contribution in [0.25, 0.3) is 0 Å². The van der Waals surface area contributed by atoms with Crippen LogP contribution >= 0.6 is 0 Å². The van der Waals surface area contributed by atoms with E-state index in [1.807, 2.05) is 49.1 Å². The molecule has 0 aromatic heterocycles. The van der Waals surface area contributed by atoms with E-state index in [1.165, 1.54) is 11.1 Å². The van der Waals surface area contributed by atoms with Gasteiger partial charge in [0.05, 0.1) is 5.41 Å². The molecule has 21 heavy (non-hydrogen) atoms. The first-order valence-corrected chi connectivity index (χ1v) is 7.51. The largest absolute Gasteiger partial charge is 0.337 e. The number of benzene rings is 2. The third kappa shape index (κ3) is 2.58. The van der Waals surface area contributed by atoms with Crippen molar-refractivity contribution in [2.75, 3.05) is 6.54 Å². The fourth-order valence-electron chi connectivity index (χ4n) is 3.04. The molecule has 0 atom stereocenters. The lowest BCUT2D eigenvalue weighted by atomic mass is 9.82. The predicted molar refractivity (Wildman–Crippen MR) is 85.0 cm³/mol. The Labute approximate surface area is 126 Å². The Morgan fingerprint density at radius 2 is 1.57 bits per heavy atom. The molecular weight excluding hydrogens is 258 g/mol. The normalized spacial score (nSPS) is 14.7. The van der Waals surface area contributed by atoms with Gasteiger partial charge in [-0.1, -0.05) is 54.6 Å². The summed E-state index contributed by atoms with van der Waals surface area (Å²) in [7, 11) is 0. The lowest BCUT2D eigenvalue weighted by molar-refractivity contribution is -0.137. The number of fused-ring (bicyclic) bond motifs is 1. The number of nitrogens with zero attached hydrogens (tertiary/aromatic N) is 1. The molecule has 2 nitrogen and oxygen atoms in total. The smallest absolute Gasteiger partial charge is 0.232 e. The molecule has 0 bridgehead atoms. The summed E-state index contributed by atoms with van der Waals surface area (Å²) in [6, 6.07) is 18.5. The number of carbonyl (C=O) groups is 1. The molecule has 0 aliphatic carbocycles. The van der Waals surface area contributed by atoms with Crippen molar-refractivity contribution in [3.63, 3.8) is 0 Å². The lowest BCUT2D eigenvalue weighted by Crippen LogP contribution is -2.45. The molecule has 2 aromatic carbocycles. The van der Waals surface area contributed by atoms with E-state index in [4.69, 9.17) is 0 Å². The molecule has 2 heteroatoms. The maximum Gasteiger partial charge on any atom is 0.232 e.